The third-order valence-corrected chi connectivity index (χ3v) is 2.79. The number of nitrogens with zero attached hydrogens (tertiary/aromatic N) is 3. The second-order valence-corrected chi connectivity index (χ2v) is 4.07. The number of rotatable bonds is 3. The van der Waals surface area contributed by atoms with Gasteiger partial charge in [-0.2, -0.15) is 0 Å². The van der Waals surface area contributed by atoms with E-state index in [4.69, 9.17) is 0 Å². The van der Waals surface area contributed by atoms with Gasteiger partial charge in [0.2, 0.25) is 5.95 Å². The largest absolute Gasteiger partial charge is 0.269 e. The molecule has 6 heteroatoms. The van der Waals surface area contributed by atoms with Crippen LogP contribution in [-0.4, -0.2) is 14.6 Å². The number of alkyl halides is 1. The van der Waals surface area contributed by atoms with Crippen LogP contribution in [0.4, 0.5) is 5.95 Å². The summed E-state index contributed by atoms with van der Waals surface area (Å²) in [6.07, 6.45) is 3.35. The van der Waals surface area contributed by atoms with Gasteiger partial charge in [0.1, 0.15) is 0 Å². The summed E-state index contributed by atoms with van der Waals surface area (Å²) >= 11 is 3.34. The summed E-state index contributed by atoms with van der Waals surface area (Å²) in [7, 11) is 0. The maximum Gasteiger partial charge on any atom is 0.269 e. The Bertz CT molecular complexity index is 582. The van der Waals surface area contributed by atoms with Gasteiger partial charge < -0.3 is 0 Å². The second kappa shape index (κ2) is 5.09. The van der Waals surface area contributed by atoms with Crippen LogP contribution in [0.3, 0.4) is 0 Å². The lowest BCUT2D eigenvalue weighted by atomic mass is 10.3. The standard InChI is InChI=1S/C11H11BrN4O/c1-8-4-5-13-11(14-8)15-16-7-9(6-12)2-3-10(16)17/h2-5,7H,6H2,1H3,(H,13,14,15). The molecule has 0 aliphatic carbocycles. The van der Waals surface area contributed by atoms with Crippen LogP contribution in [0.2, 0.25) is 0 Å². The number of aryl methyl sites for hydroxylation is 1. The van der Waals surface area contributed by atoms with E-state index in [1.54, 1.807) is 24.5 Å². The third-order valence-electron chi connectivity index (χ3n) is 2.14. The average molecular weight is 295 g/mol. The predicted molar refractivity (Wildman–Crippen MR) is 69.1 cm³/mol. The number of halogens is 1. The van der Waals surface area contributed by atoms with E-state index >= 15 is 0 Å². The molecule has 0 atom stereocenters. The molecule has 0 amide bonds. The van der Waals surface area contributed by atoms with Crippen LogP contribution in [-0.2, 0) is 5.33 Å². The van der Waals surface area contributed by atoms with Crippen LogP contribution in [0, 0.1) is 6.92 Å². The minimum absolute atomic E-state index is 0.153. The van der Waals surface area contributed by atoms with Gasteiger partial charge >= 0.3 is 0 Å². The van der Waals surface area contributed by atoms with Crippen molar-refractivity contribution in [2.24, 2.45) is 0 Å². The Kier molecular flexibility index (Phi) is 3.53. The topological polar surface area (TPSA) is 59.8 Å². The van der Waals surface area contributed by atoms with Crippen molar-refractivity contribution < 1.29 is 0 Å². The molecule has 2 aromatic rings. The molecule has 0 aliphatic heterocycles. The zero-order valence-electron chi connectivity index (χ0n) is 9.22. The highest BCUT2D eigenvalue weighted by Gasteiger charge is 2.00. The van der Waals surface area contributed by atoms with Gasteiger partial charge in [-0.15, -0.1) is 0 Å². The van der Waals surface area contributed by atoms with E-state index in [0.29, 0.717) is 11.3 Å². The van der Waals surface area contributed by atoms with Crippen molar-refractivity contribution in [2.75, 3.05) is 5.43 Å². The van der Waals surface area contributed by atoms with Gasteiger partial charge in [0.25, 0.3) is 5.56 Å². The molecule has 88 valence electrons. The van der Waals surface area contributed by atoms with Gasteiger partial charge in [-0.3, -0.25) is 10.2 Å². The first-order valence-corrected chi connectivity index (χ1v) is 6.15. The molecule has 0 aromatic carbocycles. The van der Waals surface area contributed by atoms with Crippen LogP contribution in [0.25, 0.3) is 0 Å². The van der Waals surface area contributed by atoms with E-state index in [1.807, 2.05) is 6.92 Å². The summed E-state index contributed by atoms with van der Waals surface area (Å²) in [6.45, 7) is 1.87. The number of nitrogens with one attached hydrogen (secondary N) is 1. The lowest BCUT2D eigenvalue weighted by Crippen LogP contribution is -2.26. The molecule has 0 saturated heterocycles. The molecular formula is C11H11BrN4O. The third kappa shape index (κ3) is 2.91. The van der Waals surface area contributed by atoms with Crippen molar-refractivity contribution in [3.8, 4) is 0 Å². The molecule has 2 aromatic heterocycles. The van der Waals surface area contributed by atoms with E-state index < -0.39 is 0 Å². The molecule has 0 aliphatic rings. The monoisotopic (exact) mass is 294 g/mol. The first-order chi connectivity index (χ1) is 8.19. The quantitative estimate of drug-likeness (QED) is 0.876. The molecule has 2 rings (SSSR count). The summed E-state index contributed by atoms with van der Waals surface area (Å²) in [5.74, 6) is 0.402. The molecule has 0 fully saturated rings. The first kappa shape index (κ1) is 11.8. The average Bonchev–Trinajstić information content (AvgIpc) is 2.32. The van der Waals surface area contributed by atoms with Gasteiger partial charge in [0.15, 0.2) is 0 Å². The van der Waals surface area contributed by atoms with Crippen LogP contribution >= 0.6 is 15.9 Å². The Morgan fingerprint density at radius 1 is 1.41 bits per heavy atom. The van der Waals surface area contributed by atoms with Gasteiger partial charge in [-0.05, 0) is 18.6 Å². The fourth-order valence-corrected chi connectivity index (χ4v) is 1.64. The Morgan fingerprint density at radius 3 is 2.94 bits per heavy atom. The van der Waals surface area contributed by atoms with Crippen LogP contribution in [0.5, 0.6) is 0 Å². The normalized spacial score (nSPS) is 10.2. The van der Waals surface area contributed by atoms with Crippen molar-refractivity contribution in [3.05, 3.63) is 52.2 Å². The molecular weight excluding hydrogens is 284 g/mol. The Labute approximate surface area is 107 Å². The highest BCUT2D eigenvalue weighted by atomic mass is 79.9. The van der Waals surface area contributed by atoms with Crippen molar-refractivity contribution in [1.82, 2.24) is 14.6 Å². The predicted octanol–water partition coefficient (Wildman–Crippen LogP) is 1.72. The molecule has 2 heterocycles. The molecule has 0 unspecified atom stereocenters. The van der Waals surface area contributed by atoms with Crippen molar-refractivity contribution in [2.45, 2.75) is 12.3 Å². The molecule has 0 spiro atoms. The van der Waals surface area contributed by atoms with Crippen molar-refractivity contribution in [1.29, 1.82) is 0 Å². The van der Waals surface area contributed by atoms with E-state index in [9.17, 15) is 4.79 Å². The van der Waals surface area contributed by atoms with Gasteiger partial charge in [-0.1, -0.05) is 22.0 Å². The lowest BCUT2D eigenvalue weighted by Gasteiger charge is -2.08. The van der Waals surface area contributed by atoms with E-state index in [0.717, 1.165) is 11.3 Å². The molecule has 0 bridgehead atoms. The molecule has 17 heavy (non-hydrogen) atoms. The molecule has 0 saturated carbocycles. The highest BCUT2D eigenvalue weighted by Crippen LogP contribution is 2.03. The van der Waals surface area contributed by atoms with Gasteiger partial charge in [0.05, 0.1) is 0 Å². The zero-order chi connectivity index (χ0) is 12.3. The van der Waals surface area contributed by atoms with E-state index in [1.165, 1.54) is 10.7 Å². The van der Waals surface area contributed by atoms with Crippen molar-refractivity contribution in [3.63, 3.8) is 0 Å². The maximum absolute atomic E-state index is 11.6. The van der Waals surface area contributed by atoms with Gasteiger partial charge in [0, 0.05) is 29.5 Å². The van der Waals surface area contributed by atoms with Gasteiger partial charge in [-0.25, -0.2) is 14.6 Å². The second-order valence-electron chi connectivity index (χ2n) is 3.51. The Morgan fingerprint density at radius 2 is 2.24 bits per heavy atom. The highest BCUT2D eigenvalue weighted by molar-refractivity contribution is 9.08. The zero-order valence-corrected chi connectivity index (χ0v) is 10.8. The van der Waals surface area contributed by atoms with Crippen LogP contribution in [0.1, 0.15) is 11.3 Å². The maximum atomic E-state index is 11.6. The molecule has 5 nitrogen and oxygen atoms in total. The fraction of sp³-hybridized carbons (Fsp3) is 0.182. The molecule has 0 radical (unpaired) electrons. The Hall–Kier alpha value is -1.69. The minimum Gasteiger partial charge on any atom is -0.268 e. The number of hydrogen-bond donors (Lipinski definition) is 1. The fourth-order valence-electron chi connectivity index (χ4n) is 1.31. The summed E-state index contributed by atoms with van der Waals surface area (Å²) in [4.78, 5) is 19.8. The number of anilines is 1. The summed E-state index contributed by atoms with van der Waals surface area (Å²) in [5, 5.41) is 0.684. The minimum atomic E-state index is -0.153. The first-order valence-electron chi connectivity index (χ1n) is 5.03. The number of hydrogen-bond acceptors (Lipinski definition) is 4. The summed E-state index contributed by atoms with van der Waals surface area (Å²) in [6, 6.07) is 5.06. The smallest absolute Gasteiger partial charge is 0.268 e. The van der Waals surface area contributed by atoms with Crippen LogP contribution < -0.4 is 11.0 Å². The lowest BCUT2D eigenvalue weighted by molar-refractivity contribution is 0.858. The SMILES string of the molecule is Cc1ccnc(Nn2cc(CBr)ccc2=O)n1. The van der Waals surface area contributed by atoms with E-state index in [-0.39, 0.29) is 5.56 Å². The Balaban J connectivity index is 2.32. The molecule has 1 N–H and O–H groups in total. The summed E-state index contributed by atoms with van der Waals surface area (Å²) < 4.78 is 1.37. The van der Waals surface area contributed by atoms with Crippen LogP contribution in [0.15, 0.2) is 35.4 Å². The summed E-state index contributed by atoms with van der Waals surface area (Å²) in [5.41, 5.74) is 4.53. The van der Waals surface area contributed by atoms with E-state index in [2.05, 4.69) is 31.3 Å². The number of pyridine rings is 1. The number of aromatic nitrogens is 3. The van der Waals surface area contributed by atoms with Crippen molar-refractivity contribution >= 4 is 21.9 Å².